The van der Waals surface area contributed by atoms with Gasteiger partial charge >= 0.3 is 0 Å². The second kappa shape index (κ2) is 5.46. The van der Waals surface area contributed by atoms with Crippen LogP contribution in [0, 0.1) is 13.8 Å². The van der Waals surface area contributed by atoms with Gasteiger partial charge in [-0.3, -0.25) is 0 Å². The summed E-state index contributed by atoms with van der Waals surface area (Å²) in [6.07, 6.45) is 2.43. The molecule has 1 N–H and O–H groups in total. The minimum Gasteiger partial charge on any atom is -0.380 e. The van der Waals surface area contributed by atoms with E-state index in [-0.39, 0.29) is 0 Å². The Kier molecular flexibility index (Phi) is 3.97. The van der Waals surface area contributed by atoms with E-state index in [4.69, 9.17) is 4.74 Å². The first-order chi connectivity index (χ1) is 7.75. The molecule has 0 saturated carbocycles. The number of aryl methyl sites for hydroxylation is 2. The van der Waals surface area contributed by atoms with Crippen molar-refractivity contribution >= 4 is 0 Å². The molecule has 1 unspecified atom stereocenters. The molecule has 1 fully saturated rings. The molecule has 1 atom stereocenters. The molecule has 1 aromatic carbocycles. The van der Waals surface area contributed by atoms with Gasteiger partial charge in [0.25, 0.3) is 0 Å². The summed E-state index contributed by atoms with van der Waals surface area (Å²) in [7, 11) is 0. The summed E-state index contributed by atoms with van der Waals surface area (Å²) in [5, 5.41) is 3.56. The minimum absolute atomic E-state index is 0.537. The molecule has 1 aliphatic heterocycles. The molecule has 1 heterocycles. The zero-order chi connectivity index (χ0) is 11.4. The van der Waals surface area contributed by atoms with Crippen LogP contribution < -0.4 is 5.32 Å². The average Bonchev–Trinajstić information content (AvgIpc) is 2.32. The quantitative estimate of drug-likeness (QED) is 0.843. The number of rotatable bonds is 3. The lowest BCUT2D eigenvalue weighted by Crippen LogP contribution is -2.36. The van der Waals surface area contributed by atoms with Gasteiger partial charge in [0, 0.05) is 19.2 Å². The van der Waals surface area contributed by atoms with E-state index in [0.717, 1.165) is 19.8 Å². The highest BCUT2D eigenvalue weighted by atomic mass is 16.5. The Morgan fingerprint density at radius 3 is 2.88 bits per heavy atom. The lowest BCUT2D eigenvalue weighted by Gasteiger charge is -2.23. The van der Waals surface area contributed by atoms with E-state index in [1.165, 1.54) is 29.5 Å². The molecule has 0 amide bonds. The maximum absolute atomic E-state index is 5.45. The molecule has 2 rings (SSSR count). The standard InChI is InChI=1S/C14H21NO/c1-11-5-6-13(8-12(11)2)9-15-14-4-3-7-16-10-14/h5-6,8,14-15H,3-4,7,9-10H2,1-2H3. The van der Waals surface area contributed by atoms with E-state index >= 15 is 0 Å². The molecule has 88 valence electrons. The van der Waals surface area contributed by atoms with Crippen LogP contribution in [0.15, 0.2) is 18.2 Å². The van der Waals surface area contributed by atoms with Crippen molar-refractivity contribution in [3.63, 3.8) is 0 Å². The molecule has 1 aromatic rings. The number of ether oxygens (including phenoxy) is 1. The van der Waals surface area contributed by atoms with E-state index in [1.807, 2.05) is 0 Å². The van der Waals surface area contributed by atoms with Gasteiger partial charge in [-0.1, -0.05) is 18.2 Å². The van der Waals surface area contributed by atoms with Crippen molar-refractivity contribution in [1.82, 2.24) is 5.32 Å². The van der Waals surface area contributed by atoms with Crippen LogP contribution in [0.3, 0.4) is 0 Å². The summed E-state index contributed by atoms with van der Waals surface area (Å²) in [6.45, 7) is 7.08. The molecular weight excluding hydrogens is 198 g/mol. The Hall–Kier alpha value is -0.860. The van der Waals surface area contributed by atoms with Crippen LogP contribution in [0.4, 0.5) is 0 Å². The summed E-state index contributed by atoms with van der Waals surface area (Å²) in [4.78, 5) is 0. The Balaban J connectivity index is 1.86. The van der Waals surface area contributed by atoms with Gasteiger partial charge in [0.2, 0.25) is 0 Å². The third-order valence-corrected chi connectivity index (χ3v) is 3.33. The van der Waals surface area contributed by atoms with E-state index in [2.05, 4.69) is 37.4 Å². The number of hydrogen-bond acceptors (Lipinski definition) is 2. The molecule has 0 spiro atoms. The molecule has 0 bridgehead atoms. The van der Waals surface area contributed by atoms with E-state index in [9.17, 15) is 0 Å². The lowest BCUT2D eigenvalue weighted by atomic mass is 10.1. The van der Waals surface area contributed by atoms with Crippen LogP contribution >= 0.6 is 0 Å². The maximum Gasteiger partial charge on any atom is 0.0619 e. The molecule has 0 aromatic heterocycles. The molecule has 0 radical (unpaired) electrons. The van der Waals surface area contributed by atoms with Crippen LogP contribution in [0.5, 0.6) is 0 Å². The van der Waals surface area contributed by atoms with Crippen LogP contribution in [-0.4, -0.2) is 19.3 Å². The van der Waals surface area contributed by atoms with Gasteiger partial charge in [-0.25, -0.2) is 0 Å². The van der Waals surface area contributed by atoms with Gasteiger partial charge in [-0.2, -0.15) is 0 Å². The summed E-state index contributed by atoms with van der Waals surface area (Å²) in [6, 6.07) is 7.21. The fraction of sp³-hybridized carbons (Fsp3) is 0.571. The van der Waals surface area contributed by atoms with Crippen molar-refractivity contribution in [1.29, 1.82) is 0 Å². The van der Waals surface area contributed by atoms with Crippen LogP contribution in [0.2, 0.25) is 0 Å². The normalized spacial score (nSPS) is 21.0. The molecule has 16 heavy (non-hydrogen) atoms. The third-order valence-electron chi connectivity index (χ3n) is 3.33. The first-order valence-electron chi connectivity index (χ1n) is 6.13. The Morgan fingerprint density at radius 2 is 2.19 bits per heavy atom. The molecule has 1 aliphatic rings. The number of nitrogens with one attached hydrogen (secondary N) is 1. The summed E-state index contributed by atoms with van der Waals surface area (Å²) < 4.78 is 5.45. The first kappa shape index (κ1) is 11.6. The summed E-state index contributed by atoms with van der Waals surface area (Å²) in [5.74, 6) is 0. The maximum atomic E-state index is 5.45. The number of hydrogen-bond donors (Lipinski definition) is 1. The van der Waals surface area contributed by atoms with Crippen LogP contribution in [0.1, 0.15) is 29.5 Å². The van der Waals surface area contributed by atoms with Crippen molar-refractivity contribution in [2.45, 2.75) is 39.3 Å². The van der Waals surface area contributed by atoms with Gasteiger partial charge in [0.05, 0.1) is 6.61 Å². The van der Waals surface area contributed by atoms with Gasteiger partial charge in [-0.05, 0) is 43.4 Å². The molecule has 2 nitrogen and oxygen atoms in total. The van der Waals surface area contributed by atoms with Crippen molar-refractivity contribution in [3.05, 3.63) is 34.9 Å². The van der Waals surface area contributed by atoms with Crippen molar-refractivity contribution in [2.75, 3.05) is 13.2 Å². The Morgan fingerprint density at radius 1 is 1.31 bits per heavy atom. The van der Waals surface area contributed by atoms with E-state index in [0.29, 0.717) is 6.04 Å². The highest BCUT2D eigenvalue weighted by Crippen LogP contribution is 2.11. The second-order valence-electron chi connectivity index (χ2n) is 4.71. The Labute approximate surface area is 98.0 Å². The van der Waals surface area contributed by atoms with Gasteiger partial charge in [0.15, 0.2) is 0 Å². The highest BCUT2D eigenvalue weighted by Gasteiger charge is 2.12. The minimum atomic E-state index is 0.537. The average molecular weight is 219 g/mol. The fourth-order valence-electron chi connectivity index (χ4n) is 2.08. The second-order valence-corrected chi connectivity index (χ2v) is 4.71. The molecule has 2 heteroatoms. The van der Waals surface area contributed by atoms with Crippen LogP contribution in [-0.2, 0) is 11.3 Å². The smallest absolute Gasteiger partial charge is 0.0619 e. The van der Waals surface area contributed by atoms with E-state index in [1.54, 1.807) is 0 Å². The SMILES string of the molecule is Cc1ccc(CNC2CCCOC2)cc1C. The van der Waals surface area contributed by atoms with E-state index < -0.39 is 0 Å². The predicted molar refractivity (Wildman–Crippen MR) is 66.6 cm³/mol. The third kappa shape index (κ3) is 3.06. The van der Waals surface area contributed by atoms with Gasteiger partial charge in [0.1, 0.15) is 0 Å². The monoisotopic (exact) mass is 219 g/mol. The van der Waals surface area contributed by atoms with Gasteiger partial charge in [-0.15, -0.1) is 0 Å². The van der Waals surface area contributed by atoms with Crippen molar-refractivity contribution in [2.24, 2.45) is 0 Å². The highest BCUT2D eigenvalue weighted by molar-refractivity contribution is 5.29. The first-order valence-corrected chi connectivity index (χ1v) is 6.13. The largest absolute Gasteiger partial charge is 0.380 e. The van der Waals surface area contributed by atoms with Crippen LogP contribution in [0.25, 0.3) is 0 Å². The summed E-state index contributed by atoms with van der Waals surface area (Å²) in [5.41, 5.74) is 4.11. The summed E-state index contributed by atoms with van der Waals surface area (Å²) >= 11 is 0. The topological polar surface area (TPSA) is 21.3 Å². The number of benzene rings is 1. The fourth-order valence-corrected chi connectivity index (χ4v) is 2.08. The predicted octanol–water partition coefficient (Wildman–Crippen LogP) is 2.57. The van der Waals surface area contributed by atoms with Crippen molar-refractivity contribution in [3.8, 4) is 0 Å². The zero-order valence-electron chi connectivity index (χ0n) is 10.3. The lowest BCUT2D eigenvalue weighted by molar-refractivity contribution is 0.0699. The Bertz CT molecular complexity index is 343. The molecule has 0 aliphatic carbocycles. The van der Waals surface area contributed by atoms with Crippen molar-refractivity contribution < 1.29 is 4.74 Å². The molecule has 1 saturated heterocycles. The van der Waals surface area contributed by atoms with Gasteiger partial charge < -0.3 is 10.1 Å². The molecular formula is C14H21NO. The zero-order valence-corrected chi connectivity index (χ0v) is 10.3.